The standard InChI is InChI=1S/C16H14BrFN2O2/c1-11(14-7-2-3-8-15(14)18)19-20-16(21)10-22-13-6-4-5-12(17)9-13/h2-9H,10H2,1H3,(H,20,21)/b19-11+. The second-order valence-electron chi connectivity index (χ2n) is 4.46. The number of carbonyl (C=O) groups is 1. The lowest BCUT2D eigenvalue weighted by atomic mass is 10.1. The number of nitrogens with zero attached hydrogens (tertiary/aromatic N) is 1. The minimum atomic E-state index is -0.421. The maximum atomic E-state index is 13.5. The summed E-state index contributed by atoms with van der Waals surface area (Å²) in [7, 11) is 0. The van der Waals surface area contributed by atoms with Gasteiger partial charge < -0.3 is 4.74 Å². The quantitative estimate of drug-likeness (QED) is 0.651. The van der Waals surface area contributed by atoms with Crippen molar-refractivity contribution in [3.05, 3.63) is 64.4 Å². The first-order chi connectivity index (χ1) is 10.6. The highest BCUT2D eigenvalue weighted by atomic mass is 79.9. The van der Waals surface area contributed by atoms with Crippen LogP contribution in [0.4, 0.5) is 4.39 Å². The summed E-state index contributed by atoms with van der Waals surface area (Å²) in [6.07, 6.45) is 0. The average molecular weight is 365 g/mol. The van der Waals surface area contributed by atoms with Gasteiger partial charge in [-0.15, -0.1) is 0 Å². The molecule has 0 aliphatic heterocycles. The number of nitrogens with one attached hydrogen (secondary N) is 1. The molecule has 0 unspecified atom stereocenters. The molecule has 0 saturated heterocycles. The Kier molecular flexibility index (Phi) is 5.66. The van der Waals surface area contributed by atoms with Crippen LogP contribution in [-0.4, -0.2) is 18.2 Å². The molecule has 0 heterocycles. The van der Waals surface area contributed by atoms with Crippen molar-refractivity contribution < 1.29 is 13.9 Å². The Morgan fingerprint density at radius 2 is 2.05 bits per heavy atom. The monoisotopic (exact) mass is 364 g/mol. The zero-order chi connectivity index (χ0) is 15.9. The van der Waals surface area contributed by atoms with Gasteiger partial charge in [0.1, 0.15) is 11.6 Å². The Bertz CT molecular complexity index is 704. The molecule has 0 aliphatic rings. The summed E-state index contributed by atoms with van der Waals surface area (Å²) in [6, 6.07) is 13.4. The molecule has 6 heteroatoms. The number of benzene rings is 2. The average Bonchev–Trinajstić information content (AvgIpc) is 2.51. The highest BCUT2D eigenvalue weighted by molar-refractivity contribution is 9.10. The smallest absolute Gasteiger partial charge is 0.277 e. The number of rotatable bonds is 5. The first-order valence-corrected chi connectivity index (χ1v) is 7.32. The summed E-state index contributed by atoms with van der Waals surface area (Å²) in [5, 5.41) is 3.87. The van der Waals surface area contributed by atoms with Crippen molar-refractivity contribution in [1.82, 2.24) is 5.43 Å². The van der Waals surface area contributed by atoms with E-state index in [1.54, 1.807) is 43.3 Å². The van der Waals surface area contributed by atoms with Crippen LogP contribution in [-0.2, 0) is 4.79 Å². The van der Waals surface area contributed by atoms with Crippen LogP contribution in [0.3, 0.4) is 0 Å². The van der Waals surface area contributed by atoms with E-state index in [2.05, 4.69) is 26.5 Å². The topological polar surface area (TPSA) is 50.7 Å². The number of hydrogen-bond donors (Lipinski definition) is 1. The largest absolute Gasteiger partial charge is 0.484 e. The lowest BCUT2D eigenvalue weighted by Gasteiger charge is -2.06. The number of halogens is 2. The van der Waals surface area contributed by atoms with Gasteiger partial charge in [-0.25, -0.2) is 9.82 Å². The molecule has 1 amide bonds. The fourth-order valence-electron chi connectivity index (χ4n) is 1.70. The SMILES string of the molecule is C/C(=N\NC(=O)COc1cccc(Br)c1)c1ccccc1F. The van der Waals surface area contributed by atoms with Crippen LogP contribution in [0.25, 0.3) is 0 Å². The van der Waals surface area contributed by atoms with Crippen LogP contribution in [0.1, 0.15) is 12.5 Å². The maximum Gasteiger partial charge on any atom is 0.277 e. The van der Waals surface area contributed by atoms with Gasteiger partial charge in [0, 0.05) is 10.0 Å². The molecule has 114 valence electrons. The summed E-state index contributed by atoms with van der Waals surface area (Å²) >= 11 is 3.31. The van der Waals surface area contributed by atoms with E-state index >= 15 is 0 Å². The number of hydrazone groups is 1. The summed E-state index contributed by atoms with van der Waals surface area (Å²) in [4.78, 5) is 11.7. The Balaban J connectivity index is 1.90. The van der Waals surface area contributed by atoms with Crippen LogP contribution >= 0.6 is 15.9 Å². The predicted molar refractivity (Wildman–Crippen MR) is 86.4 cm³/mol. The highest BCUT2D eigenvalue weighted by Gasteiger charge is 2.06. The molecule has 0 aliphatic carbocycles. The fraction of sp³-hybridized carbons (Fsp3) is 0.125. The summed E-state index contributed by atoms with van der Waals surface area (Å²) in [5.41, 5.74) is 3.07. The Morgan fingerprint density at radius 3 is 2.77 bits per heavy atom. The molecule has 2 aromatic carbocycles. The molecule has 0 fully saturated rings. The third kappa shape index (κ3) is 4.66. The summed E-state index contributed by atoms with van der Waals surface area (Å²) in [6.45, 7) is 1.44. The van der Waals surface area contributed by atoms with Crippen molar-refractivity contribution >= 4 is 27.5 Å². The van der Waals surface area contributed by atoms with Crippen molar-refractivity contribution in [3.63, 3.8) is 0 Å². The van der Waals surface area contributed by atoms with Crippen molar-refractivity contribution in [1.29, 1.82) is 0 Å². The van der Waals surface area contributed by atoms with Gasteiger partial charge in [0.05, 0.1) is 5.71 Å². The molecule has 22 heavy (non-hydrogen) atoms. The predicted octanol–water partition coefficient (Wildman–Crippen LogP) is 3.51. The molecule has 0 bridgehead atoms. The molecule has 0 aromatic heterocycles. The molecular weight excluding hydrogens is 351 g/mol. The van der Waals surface area contributed by atoms with Gasteiger partial charge in [0.2, 0.25) is 0 Å². The Morgan fingerprint density at radius 1 is 1.27 bits per heavy atom. The van der Waals surface area contributed by atoms with E-state index in [-0.39, 0.29) is 12.4 Å². The highest BCUT2D eigenvalue weighted by Crippen LogP contribution is 2.17. The third-order valence-corrected chi connectivity index (χ3v) is 3.27. The minimum absolute atomic E-state index is 0.176. The van der Waals surface area contributed by atoms with Crippen molar-refractivity contribution in [2.75, 3.05) is 6.61 Å². The maximum absolute atomic E-state index is 13.5. The van der Waals surface area contributed by atoms with Crippen LogP contribution < -0.4 is 10.2 Å². The van der Waals surface area contributed by atoms with Crippen LogP contribution in [0.5, 0.6) is 5.75 Å². The second kappa shape index (κ2) is 7.70. The van der Waals surface area contributed by atoms with Gasteiger partial charge in [0.15, 0.2) is 6.61 Å². The van der Waals surface area contributed by atoms with Gasteiger partial charge in [-0.05, 0) is 31.2 Å². The zero-order valence-corrected chi connectivity index (χ0v) is 13.4. The van der Waals surface area contributed by atoms with E-state index in [0.29, 0.717) is 17.0 Å². The number of carbonyl (C=O) groups excluding carboxylic acids is 1. The zero-order valence-electron chi connectivity index (χ0n) is 11.8. The van der Waals surface area contributed by atoms with Gasteiger partial charge in [-0.3, -0.25) is 4.79 Å². The van der Waals surface area contributed by atoms with Gasteiger partial charge in [0.25, 0.3) is 5.91 Å². The van der Waals surface area contributed by atoms with Crippen LogP contribution in [0, 0.1) is 5.82 Å². The van der Waals surface area contributed by atoms with E-state index in [0.717, 1.165) is 4.47 Å². The molecule has 2 aromatic rings. The molecule has 0 saturated carbocycles. The molecule has 2 rings (SSSR count). The van der Waals surface area contributed by atoms with E-state index in [1.807, 2.05) is 6.07 Å². The van der Waals surface area contributed by atoms with E-state index < -0.39 is 5.91 Å². The van der Waals surface area contributed by atoms with E-state index in [1.165, 1.54) is 6.07 Å². The van der Waals surface area contributed by atoms with E-state index in [9.17, 15) is 9.18 Å². The molecule has 1 N–H and O–H groups in total. The van der Waals surface area contributed by atoms with Crippen LogP contribution in [0.15, 0.2) is 58.1 Å². The summed E-state index contributed by atoms with van der Waals surface area (Å²) in [5.74, 6) is -0.238. The fourth-order valence-corrected chi connectivity index (χ4v) is 2.08. The third-order valence-electron chi connectivity index (χ3n) is 2.78. The molecule has 0 spiro atoms. The first-order valence-electron chi connectivity index (χ1n) is 6.52. The summed E-state index contributed by atoms with van der Waals surface area (Å²) < 4.78 is 19.7. The van der Waals surface area contributed by atoms with Gasteiger partial charge in [-0.1, -0.05) is 40.2 Å². The first kappa shape index (κ1) is 16.2. The van der Waals surface area contributed by atoms with Crippen molar-refractivity contribution in [3.8, 4) is 5.75 Å². The molecular formula is C16H14BrFN2O2. The molecule has 0 atom stereocenters. The van der Waals surface area contributed by atoms with Gasteiger partial charge in [-0.2, -0.15) is 5.10 Å². The number of amides is 1. The number of ether oxygens (including phenoxy) is 1. The lowest BCUT2D eigenvalue weighted by Crippen LogP contribution is -2.25. The van der Waals surface area contributed by atoms with Crippen molar-refractivity contribution in [2.45, 2.75) is 6.92 Å². The minimum Gasteiger partial charge on any atom is -0.484 e. The Hall–Kier alpha value is -2.21. The van der Waals surface area contributed by atoms with Crippen molar-refractivity contribution in [2.24, 2.45) is 5.10 Å². The molecule has 4 nitrogen and oxygen atoms in total. The normalized spacial score (nSPS) is 11.1. The van der Waals surface area contributed by atoms with Crippen LogP contribution in [0.2, 0.25) is 0 Å². The number of hydrogen-bond acceptors (Lipinski definition) is 3. The lowest BCUT2D eigenvalue weighted by molar-refractivity contribution is -0.123. The van der Waals surface area contributed by atoms with Gasteiger partial charge >= 0.3 is 0 Å². The van der Waals surface area contributed by atoms with E-state index in [4.69, 9.17) is 4.74 Å². The molecule has 0 radical (unpaired) electrons. The Labute approximate surface area is 136 Å². The second-order valence-corrected chi connectivity index (χ2v) is 5.37.